The molecule has 2 aromatic carbocycles. The van der Waals surface area contributed by atoms with E-state index in [2.05, 4.69) is 15.8 Å². The van der Waals surface area contributed by atoms with E-state index in [0.29, 0.717) is 10.9 Å². The zero-order chi connectivity index (χ0) is 17.4. The number of thiocarbonyl (C=S) groups is 1. The first-order valence-corrected chi connectivity index (χ1v) is 7.64. The molecule has 0 saturated carbocycles. The van der Waals surface area contributed by atoms with Crippen molar-refractivity contribution in [3.05, 3.63) is 65.5 Å². The van der Waals surface area contributed by atoms with Crippen molar-refractivity contribution in [2.24, 2.45) is 5.10 Å². The van der Waals surface area contributed by atoms with E-state index in [-0.39, 0.29) is 5.56 Å². The lowest BCUT2D eigenvalue weighted by Crippen LogP contribution is -2.31. The number of nitrogens with zero attached hydrogens (tertiary/aromatic N) is 1. The fraction of sp³-hybridized carbons (Fsp3) is 0.118. The molecule has 0 saturated heterocycles. The van der Waals surface area contributed by atoms with Crippen molar-refractivity contribution < 1.29 is 13.9 Å². The Bertz CT molecular complexity index is 731. The van der Waals surface area contributed by atoms with E-state index in [1.807, 2.05) is 6.92 Å². The predicted molar refractivity (Wildman–Crippen MR) is 94.8 cm³/mol. The first-order chi connectivity index (χ1) is 11.6. The van der Waals surface area contributed by atoms with E-state index in [4.69, 9.17) is 17.0 Å². The van der Waals surface area contributed by atoms with Crippen LogP contribution in [0, 0.1) is 5.82 Å². The Morgan fingerprint density at radius 3 is 2.50 bits per heavy atom. The number of nitrogens with one attached hydrogen (secondary N) is 2. The molecule has 0 spiro atoms. The molecule has 7 heteroatoms. The molecule has 0 atom stereocenters. The molecule has 2 N–H and O–H groups in total. The van der Waals surface area contributed by atoms with Gasteiger partial charge in [-0.2, -0.15) is 5.10 Å². The smallest absolute Gasteiger partial charge is 0.343 e. The fourth-order valence-corrected chi connectivity index (χ4v) is 1.94. The number of esters is 1. The second kappa shape index (κ2) is 8.73. The van der Waals surface area contributed by atoms with Gasteiger partial charge in [-0.15, -0.1) is 0 Å². The summed E-state index contributed by atoms with van der Waals surface area (Å²) in [6.45, 7) is 2.65. The van der Waals surface area contributed by atoms with Gasteiger partial charge in [0.15, 0.2) is 5.11 Å². The van der Waals surface area contributed by atoms with Gasteiger partial charge in [0, 0.05) is 6.54 Å². The summed E-state index contributed by atoms with van der Waals surface area (Å²) in [5.74, 6) is -0.566. The van der Waals surface area contributed by atoms with Crippen LogP contribution in [0.1, 0.15) is 22.8 Å². The highest BCUT2D eigenvalue weighted by Gasteiger charge is 2.08. The van der Waals surface area contributed by atoms with E-state index >= 15 is 0 Å². The van der Waals surface area contributed by atoms with Gasteiger partial charge in [0.2, 0.25) is 0 Å². The molecule has 2 aromatic rings. The van der Waals surface area contributed by atoms with Crippen molar-refractivity contribution in [2.45, 2.75) is 6.92 Å². The first-order valence-electron chi connectivity index (χ1n) is 7.23. The number of benzene rings is 2. The zero-order valence-corrected chi connectivity index (χ0v) is 13.8. The average Bonchev–Trinajstić information content (AvgIpc) is 2.57. The topological polar surface area (TPSA) is 62.7 Å². The molecule has 24 heavy (non-hydrogen) atoms. The van der Waals surface area contributed by atoms with Crippen molar-refractivity contribution in [1.82, 2.24) is 10.7 Å². The molecular formula is C17H16FN3O2S. The number of carbonyl (C=O) groups excluding carboxylic acids is 1. The summed E-state index contributed by atoms with van der Waals surface area (Å²) in [4.78, 5) is 11.9. The maximum absolute atomic E-state index is 12.8. The van der Waals surface area contributed by atoms with Crippen LogP contribution in [0.2, 0.25) is 0 Å². The molecule has 0 fully saturated rings. The van der Waals surface area contributed by atoms with Crippen LogP contribution in [0.5, 0.6) is 5.75 Å². The van der Waals surface area contributed by atoms with Crippen molar-refractivity contribution >= 4 is 29.5 Å². The van der Waals surface area contributed by atoms with Gasteiger partial charge in [-0.05, 0) is 73.2 Å². The second-order valence-electron chi connectivity index (χ2n) is 4.69. The van der Waals surface area contributed by atoms with Crippen LogP contribution < -0.4 is 15.5 Å². The molecule has 0 radical (unpaired) electrons. The van der Waals surface area contributed by atoms with Crippen molar-refractivity contribution in [2.75, 3.05) is 6.54 Å². The minimum Gasteiger partial charge on any atom is -0.423 e. The van der Waals surface area contributed by atoms with Gasteiger partial charge < -0.3 is 10.1 Å². The average molecular weight is 345 g/mol. The third-order valence-corrected chi connectivity index (χ3v) is 3.12. The summed E-state index contributed by atoms with van der Waals surface area (Å²) < 4.78 is 18.1. The van der Waals surface area contributed by atoms with Crippen LogP contribution in [0.4, 0.5) is 4.39 Å². The molecule has 0 heterocycles. The highest BCUT2D eigenvalue weighted by Crippen LogP contribution is 2.14. The highest BCUT2D eigenvalue weighted by molar-refractivity contribution is 7.80. The normalized spacial score (nSPS) is 10.4. The van der Waals surface area contributed by atoms with Gasteiger partial charge in [0.05, 0.1) is 11.8 Å². The molecule has 0 unspecified atom stereocenters. The zero-order valence-electron chi connectivity index (χ0n) is 13.0. The predicted octanol–water partition coefficient (Wildman–Crippen LogP) is 2.86. The molecule has 0 aliphatic carbocycles. The third kappa shape index (κ3) is 5.44. The highest BCUT2D eigenvalue weighted by atomic mass is 32.1. The fourth-order valence-electron chi connectivity index (χ4n) is 1.74. The van der Waals surface area contributed by atoms with Gasteiger partial charge in [0.25, 0.3) is 0 Å². The Labute approximate surface area is 144 Å². The maximum atomic E-state index is 12.8. The maximum Gasteiger partial charge on any atom is 0.343 e. The molecule has 0 aliphatic rings. The number of carbonyl (C=O) groups is 1. The standard InChI is InChI=1S/C17H16FN3O2S/c1-2-19-17(24)21-20-11-12-3-9-15(10-4-12)23-16(22)13-5-7-14(18)8-6-13/h3-11H,2H2,1H3,(H2,19,21,24)/b20-11+. The summed E-state index contributed by atoms with van der Waals surface area (Å²) in [6.07, 6.45) is 1.59. The van der Waals surface area contributed by atoms with Gasteiger partial charge in [0.1, 0.15) is 11.6 Å². The summed E-state index contributed by atoms with van der Waals surface area (Å²) in [5.41, 5.74) is 3.77. The Hall–Kier alpha value is -2.80. The molecule has 124 valence electrons. The van der Waals surface area contributed by atoms with E-state index < -0.39 is 11.8 Å². The molecule has 0 aliphatic heterocycles. The van der Waals surface area contributed by atoms with Gasteiger partial charge >= 0.3 is 5.97 Å². The summed E-state index contributed by atoms with van der Waals surface area (Å²) in [6, 6.07) is 11.9. The van der Waals surface area contributed by atoms with Crippen LogP contribution in [-0.4, -0.2) is 23.8 Å². The number of hydrogen-bond acceptors (Lipinski definition) is 4. The number of ether oxygens (including phenoxy) is 1. The van der Waals surface area contributed by atoms with Gasteiger partial charge in [-0.1, -0.05) is 0 Å². The summed E-state index contributed by atoms with van der Waals surface area (Å²) in [5, 5.41) is 7.33. The van der Waals surface area contributed by atoms with Crippen molar-refractivity contribution in [1.29, 1.82) is 0 Å². The molecule has 5 nitrogen and oxygen atoms in total. The Morgan fingerprint density at radius 1 is 1.21 bits per heavy atom. The van der Waals surface area contributed by atoms with Crippen LogP contribution in [0.25, 0.3) is 0 Å². The minimum absolute atomic E-state index is 0.281. The van der Waals surface area contributed by atoms with Crippen LogP contribution >= 0.6 is 12.2 Å². The van der Waals surface area contributed by atoms with E-state index in [1.54, 1.807) is 30.5 Å². The van der Waals surface area contributed by atoms with Crippen molar-refractivity contribution in [3.63, 3.8) is 0 Å². The van der Waals surface area contributed by atoms with E-state index in [9.17, 15) is 9.18 Å². The second-order valence-corrected chi connectivity index (χ2v) is 5.10. The third-order valence-electron chi connectivity index (χ3n) is 2.89. The Kier molecular flexibility index (Phi) is 6.39. The summed E-state index contributed by atoms with van der Waals surface area (Å²) in [7, 11) is 0. The number of hydrazone groups is 1. The molecule has 2 rings (SSSR count). The monoisotopic (exact) mass is 345 g/mol. The Morgan fingerprint density at radius 2 is 1.88 bits per heavy atom. The summed E-state index contributed by atoms with van der Waals surface area (Å²) >= 11 is 4.97. The SMILES string of the molecule is CCNC(=S)N/N=C/c1ccc(OC(=O)c2ccc(F)cc2)cc1. The lowest BCUT2D eigenvalue weighted by Gasteiger charge is -2.05. The molecular weight excluding hydrogens is 329 g/mol. The quantitative estimate of drug-likeness (QED) is 0.287. The molecule has 0 aromatic heterocycles. The molecule has 0 bridgehead atoms. The van der Waals surface area contributed by atoms with E-state index in [1.165, 1.54) is 24.3 Å². The number of halogens is 1. The van der Waals surface area contributed by atoms with Crippen LogP contribution in [0.3, 0.4) is 0 Å². The number of rotatable bonds is 5. The lowest BCUT2D eigenvalue weighted by atomic mass is 10.2. The Balaban J connectivity index is 1.92. The lowest BCUT2D eigenvalue weighted by molar-refractivity contribution is 0.0734. The number of hydrogen-bond donors (Lipinski definition) is 2. The van der Waals surface area contributed by atoms with Crippen molar-refractivity contribution in [3.8, 4) is 5.75 Å². The van der Waals surface area contributed by atoms with E-state index in [0.717, 1.165) is 12.1 Å². The first kappa shape index (κ1) is 17.6. The van der Waals surface area contributed by atoms with Crippen LogP contribution in [-0.2, 0) is 0 Å². The largest absolute Gasteiger partial charge is 0.423 e. The molecule has 0 amide bonds. The minimum atomic E-state index is -0.547. The van der Waals surface area contributed by atoms with Gasteiger partial charge in [-0.25, -0.2) is 9.18 Å². The van der Waals surface area contributed by atoms with Crippen LogP contribution in [0.15, 0.2) is 53.6 Å². The van der Waals surface area contributed by atoms with Gasteiger partial charge in [-0.3, -0.25) is 5.43 Å².